The zero-order valence-corrected chi connectivity index (χ0v) is 9.95. The van der Waals surface area contributed by atoms with Gasteiger partial charge in [0.2, 0.25) is 0 Å². The molecular weight excluding hydrogens is 296 g/mol. The van der Waals surface area contributed by atoms with Crippen molar-refractivity contribution < 1.29 is 17.9 Å². The number of ether oxygens (including phenoxy) is 1. The molecule has 0 aromatic heterocycles. The Hall–Kier alpha value is -0.420. The van der Waals surface area contributed by atoms with Crippen molar-refractivity contribution in [1.82, 2.24) is 0 Å². The van der Waals surface area contributed by atoms with Crippen molar-refractivity contribution in [3.8, 4) is 5.75 Å². The zero-order chi connectivity index (χ0) is 11.6. The van der Waals surface area contributed by atoms with Gasteiger partial charge in [0.1, 0.15) is 5.75 Å². The van der Waals surface area contributed by atoms with Crippen LogP contribution in [0.3, 0.4) is 0 Å². The molecule has 0 spiro atoms. The molecule has 1 rings (SSSR count). The van der Waals surface area contributed by atoms with Crippen LogP contribution < -0.4 is 4.74 Å². The molecular formula is C9H7BrClF3O. The van der Waals surface area contributed by atoms with Crippen LogP contribution in [0.4, 0.5) is 13.2 Å². The summed E-state index contributed by atoms with van der Waals surface area (Å²) < 4.78 is 41.7. The molecule has 1 nitrogen and oxygen atoms in total. The molecule has 84 valence electrons. The molecule has 0 heterocycles. The second kappa shape index (κ2) is 4.61. The maximum atomic E-state index is 12.1. The quantitative estimate of drug-likeness (QED) is 0.785. The van der Waals surface area contributed by atoms with Crippen LogP contribution in [0.15, 0.2) is 22.7 Å². The van der Waals surface area contributed by atoms with Gasteiger partial charge in [-0.3, -0.25) is 0 Å². The van der Waals surface area contributed by atoms with E-state index in [4.69, 9.17) is 11.6 Å². The molecule has 0 N–H and O–H groups in total. The average molecular weight is 304 g/mol. The molecule has 0 aliphatic rings. The molecule has 1 aromatic carbocycles. The van der Waals surface area contributed by atoms with Gasteiger partial charge in [-0.05, 0) is 41.1 Å². The van der Waals surface area contributed by atoms with E-state index in [0.717, 1.165) is 6.92 Å². The first-order valence-electron chi connectivity index (χ1n) is 3.99. The molecule has 0 saturated carbocycles. The minimum absolute atomic E-state index is 0.0908. The van der Waals surface area contributed by atoms with Crippen LogP contribution in [0.1, 0.15) is 6.92 Å². The van der Waals surface area contributed by atoms with Crippen LogP contribution in [0.5, 0.6) is 5.75 Å². The molecule has 0 fully saturated rings. The maximum absolute atomic E-state index is 12.1. The smallest absolute Gasteiger partial charge is 0.425 e. The molecule has 15 heavy (non-hydrogen) atoms. The first-order chi connectivity index (χ1) is 6.80. The summed E-state index contributed by atoms with van der Waals surface area (Å²) in [6.45, 7) is 0.940. The van der Waals surface area contributed by atoms with Gasteiger partial charge in [-0.2, -0.15) is 13.2 Å². The molecule has 1 aromatic rings. The number of hydrogen-bond acceptors (Lipinski definition) is 1. The second-order valence-corrected chi connectivity index (χ2v) is 4.14. The van der Waals surface area contributed by atoms with E-state index >= 15 is 0 Å². The van der Waals surface area contributed by atoms with Gasteiger partial charge in [0, 0.05) is 4.47 Å². The van der Waals surface area contributed by atoms with Crippen LogP contribution >= 0.6 is 27.5 Å². The summed E-state index contributed by atoms with van der Waals surface area (Å²) in [4.78, 5) is 0. The van der Waals surface area contributed by atoms with Gasteiger partial charge in [0.25, 0.3) is 0 Å². The van der Waals surface area contributed by atoms with Crippen LogP contribution in [-0.2, 0) is 0 Å². The minimum Gasteiger partial charge on any atom is -0.481 e. The summed E-state index contributed by atoms with van der Waals surface area (Å²) in [7, 11) is 0. The lowest BCUT2D eigenvalue weighted by Crippen LogP contribution is -2.31. The van der Waals surface area contributed by atoms with Gasteiger partial charge < -0.3 is 4.74 Å². The third-order valence-electron chi connectivity index (χ3n) is 1.66. The van der Waals surface area contributed by atoms with E-state index in [1.54, 1.807) is 0 Å². The number of hydrogen-bond donors (Lipinski definition) is 0. The Labute approximate surface area is 98.3 Å². The normalized spacial score (nSPS) is 13.7. The predicted molar refractivity (Wildman–Crippen MR) is 55.3 cm³/mol. The largest absolute Gasteiger partial charge is 0.481 e. The molecule has 0 unspecified atom stereocenters. The van der Waals surface area contributed by atoms with Gasteiger partial charge >= 0.3 is 6.18 Å². The highest BCUT2D eigenvalue weighted by Gasteiger charge is 2.38. The van der Waals surface area contributed by atoms with Crippen molar-refractivity contribution in [3.05, 3.63) is 27.7 Å². The van der Waals surface area contributed by atoms with E-state index in [9.17, 15) is 13.2 Å². The third-order valence-corrected chi connectivity index (χ3v) is 2.90. The van der Waals surface area contributed by atoms with E-state index in [0.29, 0.717) is 9.50 Å². The van der Waals surface area contributed by atoms with E-state index in [2.05, 4.69) is 20.7 Å². The molecule has 1 atom stereocenters. The topological polar surface area (TPSA) is 9.23 Å². The Morgan fingerprint density at radius 3 is 2.47 bits per heavy atom. The van der Waals surface area contributed by atoms with Gasteiger partial charge in [0.15, 0.2) is 6.10 Å². The highest BCUT2D eigenvalue weighted by Crippen LogP contribution is 2.30. The third kappa shape index (κ3) is 3.57. The van der Waals surface area contributed by atoms with E-state index in [1.807, 2.05) is 0 Å². The highest BCUT2D eigenvalue weighted by molar-refractivity contribution is 9.10. The van der Waals surface area contributed by atoms with Gasteiger partial charge in [-0.25, -0.2) is 0 Å². The molecule has 0 saturated heterocycles. The molecule has 0 radical (unpaired) electrons. The Morgan fingerprint density at radius 2 is 2.00 bits per heavy atom. The minimum atomic E-state index is -4.38. The van der Waals surface area contributed by atoms with Crippen LogP contribution in [-0.4, -0.2) is 12.3 Å². The number of halogens is 5. The summed E-state index contributed by atoms with van der Waals surface area (Å²) in [5.74, 6) is 0.0908. The Morgan fingerprint density at radius 1 is 1.40 bits per heavy atom. The molecule has 0 aliphatic carbocycles. The maximum Gasteiger partial charge on any atom is 0.425 e. The van der Waals surface area contributed by atoms with Gasteiger partial charge in [-0.1, -0.05) is 11.6 Å². The van der Waals surface area contributed by atoms with Crippen LogP contribution in [0.2, 0.25) is 5.02 Å². The number of rotatable bonds is 2. The lowest BCUT2D eigenvalue weighted by atomic mass is 10.3. The van der Waals surface area contributed by atoms with Crippen molar-refractivity contribution in [3.63, 3.8) is 0 Å². The predicted octanol–water partition coefficient (Wildman–Crippen LogP) is 4.43. The van der Waals surface area contributed by atoms with Crippen molar-refractivity contribution >= 4 is 27.5 Å². The highest BCUT2D eigenvalue weighted by atomic mass is 79.9. The van der Waals surface area contributed by atoms with Crippen LogP contribution in [0.25, 0.3) is 0 Å². The van der Waals surface area contributed by atoms with Gasteiger partial charge in [-0.15, -0.1) is 0 Å². The molecule has 6 heteroatoms. The summed E-state index contributed by atoms with van der Waals surface area (Å²) in [5, 5.41) is 0.307. The fourth-order valence-corrected chi connectivity index (χ4v) is 1.24. The van der Waals surface area contributed by atoms with E-state index in [1.165, 1.54) is 18.2 Å². The summed E-state index contributed by atoms with van der Waals surface area (Å²) in [5.41, 5.74) is 0. The number of benzene rings is 1. The number of alkyl halides is 3. The lowest BCUT2D eigenvalue weighted by molar-refractivity contribution is -0.189. The van der Waals surface area contributed by atoms with Crippen molar-refractivity contribution in [2.75, 3.05) is 0 Å². The van der Waals surface area contributed by atoms with Crippen molar-refractivity contribution in [1.29, 1.82) is 0 Å². The summed E-state index contributed by atoms with van der Waals surface area (Å²) in [6.07, 6.45) is -6.23. The molecule has 0 bridgehead atoms. The van der Waals surface area contributed by atoms with E-state index in [-0.39, 0.29) is 5.75 Å². The fourth-order valence-electron chi connectivity index (χ4n) is 0.821. The SMILES string of the molecule is C[C@H](Oc1ccc(Br)c(Cl)c1)C(F)(F)F. The molecule has 0 aliphatic heterocycles. The Bertz CT molecular complexity index is 354. The van der Waals surface area contributed by atoms with E-state index < -0.39 is 12.3 Å². The summed E-state index contributed by atoms with van der Waals surface area (Å²) >= 11 is 8.83. The second-order valence-electron chi connectivity index (χ2n) is 2.88. The zero-order valence-electron chi connectivity index (χ0n) is 7.61. The first kappa shape index (κ1) is 12.6. The van der Waals surface area contributed by atoms with Crippen molar-refractivity contribution in [2.45, 2.75) is 19.2 Å². The average Bonchev–Trinajstić information content (AvgIpc) is 2.10. The van der Waals surface area contributed by atoms with Crippen LogP contribution in [0, 0.1) is 0 Å². The lowest BCUT2D eigenvalue weighted by Gasteiger charge is -2.17. The Balaban J connectivity index is 2.78. The first-order valence-corrected chi connectivity index (χ1v) is 5.16. The molecule has 0 amide bonds. The van der Waals surface area contributed by atoms with Gasteiger partial charge in [0.05, 0.1) is 5.02 Å². The Kier molecular flexibility index (Phi) is 3.89. The summed E-state index contributed by atoms with van der Waals surface area (Å²) in [6, 6.07) is 4.27. The fraction of sp³-hybridized carbons (Fsp3) is 0.333. The standard InChI is InChI=1S/C9H7BrClF3O/c1-5(9(12,13)14)15-6-2-3-7(10)8(11)4-6/h2-5H,1H3/t5-/m0/s1. The monoisotopic (exact) mass is 302 g/mol. The van der Waals surface area contributed by atoms with Crippen molar-refractivity contribution in [2.24, 2.45) is 0 Å².